The summed E-state index contributed by atoms with van der Waals surface area (Å²) in [6.07, 6.45) is 5.41. The van der Waals surface area contributed by atoms with Crippen LogP contribution in [-0.4, -0.2) is 6.54 Å². The monoisotopic (exact) mass is 195 g/mol. The van der Waals surface area contributed by atoms with Gasteiger partial charge >= 0.3 is 0 Å². The molecule has 1 rings (SSSR count). The fraction of sp³-hybridized carbons (Fsp3) is 0.455. The third-order valence-electron chi connectivity index (χ3n) is 1.82. The minimum Gasteiger partial charge on any atom is -0.312 e. The van der Waals surface area contributed by atoms with Crippen molar-refractivity contribution in [1.82, 2.24) is 5.32 Å². The summed E-state index contributed by atoms with van der Waals surface area (Å²) in [5.74, 6) is 0. The molecule has 0 aromatic carbocycles. The topological polar surface area (TPSA) is 12.0 Å². The maximum absolute atomic E-state index is 3.41. The van der Waals surface area contributed by atoms with E-state index in [1.54, 1.807) is 0 Å². The smallest absolute Gasteiger partial charge is 0.0299 e. The molecule has 0 atom stereocenters. The molecule has 0 aliphatic carbocycles. The fourth-order valence-electron chi connectivity index (χ4n) is 1.14. The Bertz CT molecular complexity index is 263. The van der Waals surface area contributed by atoms with Crippen molar-refractivity contribution in [1.29, 1.82) is 0 Å². The Morgan fingerprint density at radius 2 is 2.31 bits per heavy atom. The second-order valence-corrected chi connectivity index (χ2v) is 4.42. The molecule has 0 aliphatic heterocycles. The molecule has 1 nitrogen and oxygen atoms in total. The van der Waals surface area contributed by atoms with Gasteiger partial charge in [0.05, 0.1) is 0 Å². The van der Waals surface area contributed by atoms with Crippen LogP contribution in [0.2, 0.25) is 0 Å². The van der Waals surface area contributed by atoms with Crippen molar-refractivity contribution in [3.63, 3.8) is 0 Å². The first-order valence-corrected chi connectivity index (χ1v) is 5.52. The van der Waals surface area contributed by atoms with Crippen LogP contribution in [0.5, 0.6) is 0 Å². The van der Waals surface area contributed by atoms with Crippen LogP contribution in [0.4, 0.5) is 0 Å². The first kappa shape index (κ1) is 10.5. The summed E-state index contributed by atoms with van der Waals surface area (Å²) in [7, 11) is 0. The zero-order valence-electron chi connectivity index (χ0n) is 8.34. The van der Waals surface area contributed by atoms with Gasteiger partial charge in [-0.15, -0.1) is 11.3 Å². The van der Waals surface area contributed by atoms with E-state index in [-0.39, 0.29) is 0 Å². The largest absolute Gasteiger partial charge is 0.312 e. The molecule has 0 spiro atoms. The van der Waals surface area contributed by atoms with Gasteiger partial charge in [-0.25, -0.2) is 0 Å². The summed E-state index contributed by atoms with van der Waals surface area (Å²) < 4.78 is 0. The summed E-state index contributed by atoms with van der Waals surface area (Å²) in [5, 5.41) is 3.41. The van der Waals surface area contributed by atoms with Gasteiger partial charge in [0, 0.05) is 16.3 Å². The average molecular weight is 195 g/mol. The van der Waals surface area contributed by atoms with E-state index in [9.17, 15) is 0 Å². The van der Waals surface area contributed by atoms with Crippen molar-refractivity contribution >= 4 is 11.3 Å². The van der Waals surface area contributed by atoms with E-state index in [2.05, 4.69) is 43.4 Å². The van der Waals surface area contributed by atoms with Crippen LogP contribution in [0, 0.1) is 6.92 Å². The van der Waals surface area contributed by atoms with Crippen LogP contribution in [0.1, 0.15) is 23.1 Å². The molecule has 0 amide bonds. The summed E-state index contributed by atoms with van der Waals surface area (Å²) in [4.78, 5) is 2.82. The average Bonchev–Trinajstić information content (AvgIpc) is 2.51. The Hall–Kier alpha value is -0.600. The summed E-state index contributed by atoms with van der Waals surface area (Å²) in [6.45, 7) is 6.29. The van der Waals surface area contributed by atoms with E-state index in [0.717, 1.165) is 19.5 Å². The van der Waals surface area contributed by atoms with Crippen LogP contribution >= 0.6 is 11.3 Å². The quantitative estimate of drug-likeness (QED) is 0.562. The highest BCUT2D eigenvalue weighted by Crippen LogP contribution is 2.14. The molecule has 13 heavy (non-hydrogen) atoms. The molecule has 2 heteroatoms. The molecule has 1 heterocycles. The molecule has 0 unspecified atom stereocenters. The second-order valence-electron chi connectivity index (χ2n) is 3.05. The molecule has 1 N–H and O–H groups in total. The predicted molar refractivity (Wildman–Crippen MR) is 60.2 cm³/mol. The Labute approximate surface area is 84.5 Å². The molecular formula is C11H17NS. The van der Waals surface area contributed by atoms with Gasteiger partial charge in [-0.2, -0.15) is 0 Å². The lowest BCUT2D eigenvalue weighted by molar-refractivity contribution is 0.702. The molecule has 0 saturated carbocycles. The van der Waals surface area contributed by atoms with Crippen LogP contribution in [-0.2, 0) is 6.54 Å². The number of thiophene rings is 1. The molecule has 0 aliphatic rings. The highest BCUT2D eigenvalue weighted by molar-refractivity contribution is 7.11. The highest BCUT2D eigenvalue weighted by Gasteiger charge is 1.94. The summed E-state index contributed by atoms with van der Waals surface area (Å²) in [6, 6.07) is 4.37. The SMILES string of the molecule is C/C=C/CCNCc1ccc(C)s1. The minimum atomic E-state index is 1.01. The number of allylic oxidation sites excluding steroid dienone is 1. The lowest BCUT2D eigenvalue weighted by Gasteiger charge is -1.99. The van der Waals surface area contributed by atoms with Gasteiger partial charge in [-0.05, 0) is 38.9 Å². The van der Waals surface area contributed by atoms with Gasteiger partial charge in [0.2, 0.25) is 0 Å². The van der Waals surface area contributed by atoms with Crippen molar-refractivity contribution in [3.8, 4) is 0 Å². The van der Waals surface area contributed by atoms with Gasteiger partial charge in [0.25, 0.3) is 0 Å². The van der Waals surface area contributed by atoms with E-state index in [1.165, 1.54) is 9.75 Å². The predicted octanol–water partition coefficient (Wildman–Crippen LogP) is 3.11. The third-order valence-corrected chi connectivity index (χ3v) is 2.82. The van der Waals surface area contributed by atoms with Gasteiger partial charge in [-0.3, -0.25) is 0 Å². The standard InChI is InChI=1S/C11H17NS/c1-3-4-5-8-12-9-11-7-6-10(2)13-11/h3-4,6-7,12H,5,8-9H2,1-2H3/b4-3+. The zero-order valence-corrected chi connectivity index (χ0v) is 9.16. The Morgan fingerprint density at radius 3 is 2.92 bits per heavy atom. The molecule has 1 aromatic rings. The number of nitrogens with one attached hydrogen (secondary N) is 1. The highest BCUT2D eigenvalue weighted by atomic mass is 32.1. The van der Waals surface area contributed by atoms with Gasteiger partial charge in [0.1, 0.15) is 0 Å². The van der Waals surface area contributed by atoms with E-state index in [4.69, 9.17) is 0 Å². The molecule has 0 saturated heterocycles. The second kappa shape index (κ2) is 5.95. The normalized spacial score (nSPS) is 11.2. The number of aryl methyl sites for hydroxylation is 1. The zero-order chi connectivity index (χ0) is 9.52. The minimum absolute atomic E-state index is 1.01. The molecular weight excluding hydrogens is 178 g/mol. The van der Waals surface area contributed by atoms with Crippen molar-refractivity contribution in [2.24, 2.45) is 0 Å². The van der Waals surface area contributed by atoms with Gasteiger partial charge in [-0.1, -0.05) is 12.2 Å². The lowest BCUT2D eigenvalue weighted by Crippen LogP contribution is -2.12. The van der Waals surface area contributed by atoms with E-state index < -0.39 is 0 Å². The molecule has 0 radical (unpaired) electrons. The number of hydrogen-bond donors (Lipinski definition) is 1. The Balaban J connectivity index is 2.13. The van der Waals surface area contributed by atoms with Crippen molar-refractivity contribution in [3.05, 3.63) is 34.0 Å². The fourth-order valence-corrected chi connectivity index (χ4v) is 2.00. The van der Waals surface area contributed by atoms with E-state index >= 15 is 0 Å². The summed E-state index contributed by atoms with van der Waals surface area (Å²) >= 11 is 1.87. The molecule has 1 aromatic heterocycles. The van der Waals surface area contributed by atoms with Gasteiger partial charge < -0.3 is 5.32 Å². The maximum atomic E-state index is 3.41. The maximum Gasteiger partial charge on any atom is 0.0299 e. The third kappa shape index (κ3) is 4.25. The van der Waals surface area contributed by atoms with Gasteiger partial charge in [0.15, 0.2) is 0 Å². The van der Waals surface area contributed by atoms with Crippen LogP contribution in [0.3, 0.4) is 0 Å². The Kier molecular flexibility index (Phi) is 4.79. The molecule has 0 fully saturated rings. The summed E-state index contributed by atoms with van der Waals surface area (Å²) in [5.41, 5.74) is 0. The first-order valence-electron chi connectivity index (χ1n) is 4.70. The van der Waals surface area contributed by atoms with E-state index in [0.29, 0.717) is 0 Å². The first-order chi connectivity index (χ1) is 6.33. The molecule has 72 valence electrons. The van der Waals surface area contributed by atoms with Crippen LogP contribution in [0.15, 0.2) is 24.3 Å². The van der Waals surface area contributed by atoms with Crippen molar-refractivity contribution in [2.45, 2.75) is 26.8 Å². The van der Waals surface area contributed by atoms with Crippen molar-refractivity contribution in [2.75, 3.05) is 6.54 Å². The number of rotatable bonds is 5. The van der Waals surface area contributed by atoms with Crippen LogP contribution < -0.4 is 5.32 Å². The van der Waals surface area contributed by atoms with E-state index in [1.807, 2.05) is 11.3 Å². The Morgan fingerprint density at radius 1 is 1.46 bits per heavy atom. The van der Waals surface area contributed by atoms with Crippen LogP contribution in [0.25, 0.3) is 0 Å². The lowest BCUT2D eigenvalue weighted by atomic mass is 10.3. The molecule has 0 bridgehead atoms. The number of hydrogen-bond acceptors (Lipinski definition) is 2. The van der Waals surface area contributed by atoms with Crippen molar-refractivity contribution < 1.29 is 0 Å².